The number of para-hydroxylation sites is 1. The predicted octanol–water partition coefficient (Wildman–Crippen LogP) is 6.34. The van der Waals surface area contributed by atoms with Gasteiger partial charge in [-0.3, -0.25) is 4.79 Å². The molecule has 168 valence electrons. The lowest BCUT2D eigenvalue weighted by molar-refractivity contribution is 0.102. The molecule has 0 aliphatic carbocycles. The quantitative estimate of drug-likeness (QED) is 0.236. The Morgan fingerprint density at radius 3 is 2.54 bits per heavy atom. The van der Waals surface area contributed by atoms with Crippen LogP contribution in [0, 0.1) is 6.57 Å². The van der Waals surface area contributed by atoms with Crippen molar-refractivity contribution < 1.29 is 9.90 Å². The van der Waals surface area contributed by atoms with E-state index in [1.807, 2.05) is 18.2 Å². The largest absolute Gasteiger partial charge is 0.505 e. The number of aromatic nitrogens is 3. The van der Waals surface area contributed by atoms with Gasteiger partial charge in [-0.25, -0.2) is 14.5 Å². The number of anilines is 1. The second-order valence-corrected chi connectivity index (χ2v) is 7.43. The second kappa shape index (κ2) is 9.25. The number of benzene rings is 3. The Morgan fingerprint density at radius 1 is 1.00 bits per heavy atom. The Bertz CT molecular complexity index is 1600. The molecule has 2 N–H and O–H groups in total. The third-order valence-electron chi connectivity index (χ3n) is 5.23. The van der Waals surface area contributed by atoms with Gasteiger partial charge in [0.25, 0.3) is 11.6 Å². The van der Waals surface area contributed by atoms with Crippen LogP contribution in [0.25, 0.3) is 21.4 Å². The SMILES string of the molecule is [C-]#[N+]c1cnn(-c2ccccn2)c1/N=N/c1c(O)c(C(=O)Nc2ccccc2)cc2ccccc12. The molecule has 9 heteroatoms. The molecule has 0 saturated heterocycles. The maximum absolute atomic E-state index is 13.0. The van der Waals surface area contributed by atoms with Gasteiger partial charge >= 0.3 is 0 Å². The summed E-state index contributed by atoms with van der Waals surface area (Å²) in [4.78, 5) is 20.7. The van der Waals surface area contributed by atoms with Crippen LogP contribution >= 0.6 is 0 Å². The van der Waals surface area contributed by atoms with E-state index in [0.29, 0.717) is 22.3 Å². The summed E-state index contributed by atoms with van der Waals surface area (Å²) >= 11 is 0. The minimum Gasteiger partial charge on any atom is -0.505 e. The average Bonchev–Trinajstić information content (AvgIpc) is 3.32. The van der Waals surface area contributed by atoms with Crippen LogP contribution in [0.15, 0.2) is 101 Å². The number of pyridine rings is 1. The number of phenolic OH excluding ortho intramolecular Hbond substituents is 1. The first kappa shape index (κ1) is 21.5. The lowest BCUT2D eigenvalue weighted by Crippen LogP contribution is -2.12. The van der Waals surface area contributed by atoms with Gasteiger partial charge in [-0.2, -0.15) is 5.10 Å². The second-order valence-electron chi connectivity index (χ2n) is 7.43. The van der Waals surface area contributed by atoms with Gasteiger partial charge in [0.05, 0.1) is 18.3 Å². The van der Waals surface area contributed by atoms with Crippen LogP contribution in [0.1, 0.15) is 10.4 Å². The Hall–Kier alpha value is -5.36. The van der Waals surface area contributed by atoms with Gasteiger partial charge < -0.3 is 10.4 Å². The Morgan fingerprint density at radius 2 is 1.77 bits per heavy atom. The molecule has 9 nitrogen and oxygen atoms in total. The van der Waals surface area contributed by atoms with Gasteiger partial charge in [-0.05, 0) is 35.7 Å². The smallest absolute Gasteiger partial charge is 0.259 e. The van der Waals surface area contributed by atoms with E-state index in [1.54, 1.807) is 66.9 Å². The van der Waals surface area contributed by atoms with Crippen molar-refractivity contribution >= 4 is 39.6 Å². The minimum absolute atomic E-state index is 0.0464. The third-order valence-corrected chi connectivity index (χ3v) is 5.23. The standard InChI is InChI=1S/C26H17N7O2/c1-27-21-16-29-33(22-13-7-8-14-28-22)25(21)32-31-23-19-12-6-5-9-17(19)15-20(24(23)34)26(35)30-18-10-3-2-4-11-18/h2-16,34H,(H,30,35)/b32-31+. The predicted molar refractivity (Wildman–Crippen MR) is 132 cm³/mol. The van der Waals surface area contributed by atoms with Crippen LogP contribution in [-0.4, -0.2) is 25.8 Å². The van der Waals surface area contributed by atoms with Crippen molar-refractivity contribution in [1.29, 1.82) is 0 Å². The molecule has 3 aromatic carbocycles. The summed E-state index contributed by atoms with van der Waals surface area (Å²) in [5.41, 5.74) is 0.909. The van der Waals surface area contributed by atoms with Crippen molar-refractivity contribution in [3.05, 3.63) is 108 Å². The molecule has 2 heterocycles. The highest BCUT2D eigenvalue weighted by Gasteiger charge is 2.19. The number of nitrogens with one attached hydrogen (secondary N) is 1. The summed E-state index contributed by atoms with van der Waals surface area (Å²) in [6.45, 7) is 7.46. The van der Waals surface area contributed by atoms with Crippen molar-refractivity contribution in [3.8, 4) is 11.6 Å². The van der Waals surface area contributed by atoms with Crippen molar-refractivity contribution in [1.82, 2.24) is 14.8 Å². The van der Waals surface area contributed by atoms with Gasteiger partial charge in [-0.1, -0.05) is 48.5 Å². The fourth-order valence-electron chi connectivity index (χ4n) is 3.56. The number of nitrogens with zero attached hydrogens (tertiary/aromatic N) is 6. The van der Waals surface area contributed by atoms with Crippen LogP contribution in [0.5, 0.6) is 5.75 Å². The number of hydrogen-bond acceptors (Lipinski definition) is 6. The topological polar surface area (TPSA) is 109 Å². The van der Waals surface area contributed by atoms with Crippen molar-refractivity contribution in [2.45, 2.75) is 0 Å². The molecule has 5 aromatic rings. The molecule has 0 bridgehead atoms. The summed E-state index contributed by atoms with van der Waals surface area (Å²) in [6, 6.07) is 23.0. The van der Waals surface area contributed by atoms with Gasteiger partial charge in [0.2, 0.25) is 0 Å². The number of carbonyl (C=O) groups is 1. The first-order valence-electron chi connectivity index (χ1n) is 10.6. The van der Waals surface area contributed by atoms with E-state index in [-0.39, 0.29) is 28.5 Å². The van der Waals surface area contributed by atoms with Gasteiger partial charge in [-0.15, -0.1) is 10.2 Å². The zero-order valence-corrected chi connectivity index (χ0v) is 18.2. The van der Waals surface area contributed by atoms with Gasteiger partial charge in [0, 0.05) is 17.3 Å². The molecule has 2 aromatic heterocycles. The average molecular weight is 459 g/mol. The maximum Gasteiger partial charge on any atom is 0.259 e. The maximum atomic E-state index is 13.0. The molecule has 0 radical (unpaired) electrons. The van der Waals surface area contributed by atoms with E-state index >= 15 is 0 Å². The summed E-state index contributed by atoms with van der Waals surface area (Å²) in [5, 5.41) is 27.9. The van der Waals surface area contributed by atoms with E-state index in [1.165, 1.54) is 10.9 Å². The monoisotopic (exact) mass is 459 g/mol. The fraction of sp³-hybridized carbons (Fsp3) is 0. The lowest BCUT2D eigenvalue weighted by Gasteiger charge is -2.11. The number of azo groups is 1. The summed E-state index contributed by atoms with van der Waals surface area (Å²) in [6.07, 6.45) is 2.97. The van der Waals surface area contributed by atoms with Crippen LogP contribution in [-0.2, 0) is 0 Å². The molecule has 0 aliphatic rings. The Labute approximate surface area is 199 Å². The summed E-state index contributed by atoms with van der Waals surface area (Å²) in [7, 11) is 0. The van der Waals surface area contributed by atoms with E-state index in [4.69, 9.17) is 6.57 Å². The summed E-state index contributed by atoms with van der Waals surface area (Å²) in [5.74, 6) is -0.201. The molecule has 1 amide bonds. The van der Waals surface area contributed by atoms with E-state index < -0.39 is 5.91 Å². The number of carbonyl (C=O) groups excluding carboxylic acids is 1. The molecule has 0 atom stereocenters. The lowest BCUT2D eigenvalue weighted by atomic mass is 10.0. The zero-order valence-electron chi connectivity index (χ0n) is 18.2. The number of aromatic hydroxyl groups is 1. The number of fused-ring (bicyclic) bond motifs is 1. The Kier molecular flexibility index (Phi) is 5.68. The number of amides is 1. The van der Waals surface area contributed by atoms with Crippen LogP contribution in [0.4, 0.5) is 22.9 Å². The zero-order chi connectivity index (χ0) is 24.2. The first-order valence-corrected chi connectivity index (χ1v) is 10.6. The molecule has 0 aliphatic heterocycles. The van der Waals surface area contributed by atoms with Crippen molar-refractivity contribution in [3.63, 3.8) is 0 Å². The van der Waals surface area contributed by atoms with E-state index in [2.05, 4.69) is 30.5 Å². The van der Waals surface area contributed by atoms with E-state index in [9.17, 15) is 9.90 Å². The Balaban J connectivity index is 1.61. The highest BCUT2D eigenvalue weighted by atomic mass is 16.3. The first-order chi connectivity index (χ1) is 17.2. The number of hydrogen-bond donors (Lipinski definition) is 2. The summed E-state index contributed by atoms with van der Waals surface area (Å²) < 4.78 is 1.39. The number of rotatable bonds is 5. The van der Waals surface area contributed by atoms with E-state index in [0.717, 1.165) is 0 Å². The molecule has 0 spiro atoms. The molecule has 0 saturated carbocycles. The van der Waals surface area contributed by atoms with Crippen molar-refractivity contribution in [2.24, 2.45) is 10.2 Å². The molecule has 0 fully saturated rings. The van der Waals surface area contributed by atoms with Gasteiger partial charge in [0.15, 0.2) is 17.4 Å². The minimum atomic E-state index is -0.490. The molecule has 0 unspecified atom stereocenters. The van der Waals surface area contributed by atoms with Crippen LogP contribution in [0.3, 0.4) is 0 Å². The fourth-order valence-corrected chi connectivity index (χ4v) is 3.56. The molecular weight excluding hydrogens is 442 g/mol. The van der Waals surface area contributed by atoms with Crippen LogP contribution in [0.2, 0.25) is 0 Å². The highest BCUT2D eigenvalue weighted by Crippen LogP contribution is 2.40. The van der Waals surface area contributed by atoms with Crippen molar-refractivity contribution in [2.75, 3.05) is 5.32 Å². The molecule has 5 rings (SSSR count). The molecule has 35 heavy (non-hydrogen) atoms. The van der Waals surface area contributed by atoms with Gasteiger partial charge in [0.1, 0.15) is 5.69 Å². The molecular formula is C26H17N7O2. The highest BCUT2D eigenvalue weighted by molar-refractivity contribution is 6.11. The normalized spacial score (nSPS) is 10.9. The third kappa shape index (κ3) is 4.19. The number of phenols is 1. The van der Waals surface area contributed by atoms with Crippen LogP contribution < -0.4 is 5.32 Å².